The maximum Gasteiger partial charge on any atom is 0.127 e. The van der Waals surface area contributed by atoms with Crippen LogP contribution in [0.15, 0.2) is 16.6 Å². The third kappa shape index (κ3) is 4.73. The Hall–Kier alpha value is -0.120. The number of rotatable bonds is 6. The topological polar surface area (TPSA) is 12.0 Å². The summed E-state index contributed by atoms with van der Waals surface area (Å²) in [6, 6.07) is 3.90. The molecule has 0 amide bonds. The van der Waals surface area contributed by atoms with Crippen molar-refractivity contribution >= 4 is 27.5 Å². The number of aryl methyl sites for hydroxylation is 1. The number of benzene rings is 1. The van der Waals surface area contributed by atoms with Gasteiger partial charge >= 0.3 is 0 Å². The molecular weight excluding hydrogens is 329 g/mol. The first-order valence-corrected chi connectivity index (χ1v) is 7.91. The lowest BCUT2D eigenvalue weighted by Gasteiger charge is -2.25. The smallest absolute Gasteiger partial charge is 0.127 e. The number of halogens is 3. The molecule has 1 N–H and O–H groups in total. The van der Waals surface area contributed by atoms with Crippen LogP contribution in [0.4, 0.5) is 4.39 Å². The maximum atomic E-state index is 13.8. The van der Waals surface area contributed by atoms with Gasteiger partial charge in [-0.25, -0.2) is 4.39 Å². The fourth-order valence-corrected chi connectivity index (χ4v) is 2.53. The van der Waals surface area contributed by atoms with Crippen molar-refractivity contribution in [2.24, 2.45) is 5.41 Å². The predicted molar refractivity (Wildman–Crippen MR) is 82.2 cm³/mol. The summed E-state index contributed by atoms with van der Waals surface area (Å²) in [6.07, 6.45) is 4.26. The average molecular weight is 349 g/mol. The summed E-state index contributed by atoms with van der Waals surface area (Å²) in [6.45, 7) is 5.44. The van der Waals surface area contributed by atoms with Gasteiger partial charge in [-0.1, -0.05) is 25.4 Å². The molecule has 0 saturated heterocycles. The second-order valence-corrected chi connectivity index (χ2v) is 7.44. The number of hydrogen-bond acceptors (Lipinski definition) is 1. The van der Waals surface area contributed by atoms with Crippen molar-refractivity contribution in [1.82, 2.24) is 5.32 Å². The van der Waals surface area contributed by atoms with E-state index in [0.717, 1.165) is 25.4 Å². The Morgan fingerprint density at radius 3 is 2.74 bits per heavy atom. The zero-order valence-electron chi connectivity index (χ0n) is 11.4. The van der Waals surface area contributed by atoms with Gasteiger partial charge in [-0.2, -0.15) is 0 Å². The second kappa shape index (κ2) is 6.11. The van der Waals surface area contributed by atoms with Crippen molar-refractivity contribution < 1.29 is 4.39 Å². The van der Waals surface area contributed by atoms with Crippen LogP contribution in [0.1, 0.15) is 38.7 Å². The summed E-state index contributed by atoms with van der Waals surface area (Å²) in [4.78, 5) is 0. The van der Waals surface area contributed by atoms with Crippen molar-refractivity contribution in [2.45, 2.75) is 45.6 Å². The largest absolute Gasteiger partial charge is 0.313 e. The fraction of sp³-hybridized carbons (Fsp3) is 0.600. The van der Waals surface area contributed by atoms with E-state index in [2.05, 4.69) is 35.1 Å². The minimum atomic E-state index is -0.178. The van der Waals surface area contributed by atoms with E-state index in [4.69, 9.17) is 11.6 Å². The van der Waals surface area contributed by atoms with Gasteiger partial charge in [-0.05, 0) is 64.7 Å². The van der Waals surface area contributed by atoms with Crippen LogP contribution < -0.4 is 5.32 Å². The van der Waals surface area contributed by atoms with Crippen LogP contribution in [0.25, 0.3) is 0 Å². The molecule has 0 bridgehead atoms. The molecule has 106 valence electrons. The monoisotopic (exact) mass is 347 g/mol. The Bertz CT molecular complexity index is 458. The van der Waals surface area contributed by atoms with Crippen molar-refractivity contribution in [3.05, 3.63) is 33.0 Å². The molecular formula is C15H20BrClFN. The normalized spacial score (nSPS) is 15.8. The molecule has 1 aliphatic carbocycles. The minimum absolute atomic E-state index is 0.175. The van der Waals surface area contributed by atoms with E-state index in [9.17, 15) is 4.39 Å². The molecule has 0 heterocycles. The van der Waals surface area contributed by atoms with Crippen molar-refractivity contribution in [2.75, 3.05) is 6.54 Å². The Balaban J connectivity index is 1.91. The van der Waals surface area contributed by atoms with Gasteiger partial charge in [0.1, 0.15) is 5.82 Å². The molecule has 0 spiro atoms. The molecule has 1 aliphatic rings. The third-order valence-corrected chi connectivity index (χ3v) is 4.80. The van der Waals surface area contributed by atoms with E-state index in [1.54, 1.807) is 6.07 Å². The lowest BCUT2D eigenvalue weighted by Crippen LogP contribution is -2.31. The van der Waals surface area contributed by atoms with E-state index >= 15 is 0 Å². The van der Waals surface area contributed by atoms with Gasteiger partial charge in [0.05, 0.1) is 5.02 Å². The fourth-order valence-electron chi connectivity index (χ4n) is 2.02. The molecule has 1 aromatic rings. The van der Waals surface area contributed by atoms with Crippen LogP contribution in [0.3, 0.4) is 0 Å². The molecule has 1 aromatic carbocycles. The average Bonchev–Trinajstić information content (AvgIpc) is 3.14. The second-order valence-electron chi connectivity index (χ2n) is 6.18. The predicted octanol–water partition coefficient (Wildman–Crippen LogP) is 4.95. The summed E-state index contributed by atoms with van der Waals surface area (Å²) in [7, 11) is 0. The van der Waals surface area contributed by atoms with E-state index in [-0.39, 0.29) is 11.2 Å². The third-order valence-electron chi connectivity index (χ3n) is 3.61. The van der Waals surface area contributed by atoms with E-state index in [1.807, 2.05) is 0 Å². The van der Waals surface area contributed by atoms with Crippen molar-refractivity contribution in [3.8, 4) is 0 Å². The molecule has 0 atom stereocenters. The first kappa shape index (κ1) is 15.3. The Morgan fingerprint density at radius 2 is 2.11 bits per heavy atom. The van der Waals surface area contributed by atoms with Crippen molar-refractivity contribution in [3.63, 3.8) is 0 Å². The molecule has 1 fully saturated rings. The lowest BCUT2D eigenvalue weighted by molar-refractivity contribution is 0.312. The Kier molecular flexibility index (Phi) is 4.91. The van der Waals surface area contributed by atoms with Crippen LogP contribution in [0.2, 0.25) is 5.02 Å². The van der Waals surface area contributed by atoms with Crippen LogP contribution >= 0.6 is 27.5 Å². The Labute approximate surface area is 128 Å². The van der Waals surface area contributed by atoms with Crippen LogP contribution in [0, 0.1) is 11.2 Å². The molecule has 0 aliphatic heterocycles. The van der Waals surface area contributed by atoms with Gasteiger partial charge in [0, 0.05) is 17.1 Å². The lowest BCUT2D eigenvalue weighted by atomic mass is 9.86. The first-order valence-electron chi connectivity index (χ1n) is 6.74. The molecule has 4 heteroatoms. The highest BCUT2D eigenvalue weighted by Crippen LogP contribution is 2.29. The SMILES string of the molecule is CC(C)(CCc1cc(Cl)c(Br)cc1F)CNC1CC1. The Morgan fingerprint density at radius 1 is 1.42 bits per heavy atom. The molecule has 0 aromatic heterocycles. The molecule has 1 nitrogen and oxygen atoms in total. The van der Waals surface area contributed by atoms with E-state index in [0.29, 0.717) is 15.1 Å². The maximum absolute atomic E-state index is 13.8. The number of nitrogens with one attached hydrogen (secondary N) is 1. The van der Waals surface area contributed by atoms with Gasteiger partial charge in [-0.15, -0.1) is 0 Å². The standard InChI is InChI=1S/C15H20BrClFN/c1-15(2,9-19-11-3-4-11)6-5-10-7-13(17)12(16)8-14(10)18/h7-8,11,19H,3-6,9H2,1-2H3. The quantitative estimate of drug-likeness (QED) is 0.717. The highest BCUT2D eigenvalue weighted by atomic mass is 79.9. The zero-order chi connectivity index (χ0) is 14.0. The van der Waals surface area contributed by atoms with Crippen LogP contribution in [0.5, 0.6) is 0 Å². The summed E-state index contributed by atoms with van der Waals surface area (Å²) in [5.41, 5.74) is 0.877. The summed E-state index contributed by atoms with van der Waals surface area (Å²) in [5.74, 6) is -0.178. The minimum Gasteiger partial charge on any atom is -0.313 e. The molecule has 1 saturated carbocycles. The number of hydrogen-bond donors (Lipinski definition) is 1. The highest BCUT2D eigenvalue weighted by molar-refractivity contribution is 9.10. The molecule has 19 heavy (non-hydrogen) atoms. The molecule has 0 unspecified atom stereocenters. The van der Waals surface area contributed by atoms with Crippen LogP contribution in [-0.2, 0) is 6.42 Å². The zero-order valence-corrected chi connectivity index (χ0v) is 13.7. The van der Waals surface area contributed by atoms with E-state index in [1.165, 1.54) is 18.9 Å². The summed E-state index contributed by atoms with van der Waals surface area (Å²) >= 11 is 9.26. The van der Waals surface area contributed by atoms with Gasteiger partial charge < -0.3 is 5.32 Å². The first-order chi connectivity index (χ1) is 8.87. The van der Waals surface area contributed by atoms with Crippen LogP contribution in [-0.4, -0.2) is 12.6 Å². The van der Waals surface area contributed by atoms with Gasteiger partial charge in [0.2, 0.25) is 0 Å². The van der Waals surface area contributed by atoms with E-state index < -0.39 is 0 Å². The van der Waals surface area contributed by atoms with Gasteiger partial charge in [-0.3, -0.25) is 0 Å². The van der Waals surface area contributed by atoms with Crippen molar-refractivity contribution in [1.29, 1.82) is 0 Å². The van der Waals surface area contributed by atoms with Gasteiger partial charge in [0.15, 0.2) is 0 Å². The molecule has 0 radical (unpaired) electrons. The summed E-state index contributed by atoms with van der Waals surface area (Å²) in [5, 5.41) is 4.12. The molecule has 2 rings (SSSR count). The highest BCUT2D eigenvalue weighted by Gasteiger charge is 2.25. The van der Waals surface area contributed by atoms with Gasteiger partial charge in [0.25, 0.3) is 0 Å². The summed E-state index contributed by atoms with van der Waals surface area (Å²) < 4.78 is 14.4.